The van der Waals surface area contributed by atoms with Gasteiger partial charge in [-0.3, -0.25) is 9.48 Å². The van der Waals surface area contributed by atoms with Crippen LogP contribution in [0.5, 0.6) is 0 Å². The highest BCUT2D eigenvalue weighted by molar-refractivity contribution is 6.04. The minimum absolute atomic E-state index is 0.309. The largest absolute Gasteiger partial charge is 0.320 e. The van der Waals surface area contributed by atoms with Gasteiger partial charge in [0.2, 0.25) is 0 Å². The SMILES string of the molecule is Cn1nc(C(=O)Nc2cccc(F)c2)c2c1CCNC2. The van der Waals surface area contributed by atoms with Crippen LogP contribution in [-0.2, 0) is 20.0 Å². The van der Waals surface area contributed by atoms with Crippen molar-refractivity contribution < 1.29 is 9.18 Å². The van der Waals surface area contributed by atoms with E-state index in [9.17, 15) is 9.18 Å². The lowest BCUT2D eigenvalue weighted by Gasteiger charge is -2.14. The summed E-state index contributed by atoms with van der Waals surface area (Å²) in [7, 11) is 1.84. The quantitative estimate of drug-likeness (QED) is 0.871. The molecular formula is C14H15FN4O. The first kappa shape index (κ1) is 12.8. The first-order valence-electron chi connectivity index (χ1n) is 6.47. The zero-order valence-electron chi connectivity index (χ0n) is 11.1. The lowest BCUT2D eigenvalue weighted by molar-refractivity contribution is 0.102. The molecule has 0 radical (unpaired) electrons. The molecule has 2 heterocycles. The number of anilines is 1. The van der Waals surface area contributed by atoms with Crippen LogP contribution in [0.25, 0.3) is 0 Å². The van der Waals surface area contributed by atoms with Crippen LogP contribution in [0.3, 0.4) is 0 Å². The smallest absolute Gasteiger partial charge is 0.276 e. The summed E-state index contributed by atoms with van der Waals surface area (Å²) in [5.74, 6) is -0.691. The molecule has 2 aromatic rings. The molecule has 0 unspecified atom stereocenters. The molecule has 20 heavy (non-hydrogen) atoms. The molecule has 0 saturated heterocycles. The average molecular weight is 274 g/mol. The topological polar surface area (TPSA) is 59.0 Å². The van der Waals surface area contributed by atoms with Gasteiger partial charge in [0, 0.05) is 43.5 Å². The van der Waals surface area contributed by atoms with E-state index in [1.807, 2.05) is 7.05 Å². The van der Waals surface area contributed by atoms with Crippen LogP contribution in [0, 0.1) is 5.82 Å². The predicted octanol–water partition coefficient (Wildman–Crippen LogP) is 1.46. The molecule has 0 spiro atoms. The number of nitrogens with one attached hydrogen (secondary N) is 2. The van der Waals surface area contributed by atoms with Crippen LogP contribution in [0.4, 0.5) is 10.1 Å². The van der Waals surface area contributed by atoms with Crippen molar-refractivity contribution in [3.05, 3.63) is 47.0 Å². The van der Waals surface area contributed by atoms with Crippen LogP contribution >= 0.6 is 0 Å². The van der Waals surface area contributed by atoms with Crippen LogP contribution in [0.2, 0.25) is 0 Å². The van der Waals surface area contributed by atoms with E-state index in [-0.39, 0.29) is 11.7 Å². The normalized spacial score (nSPS) is 13.9. The van der Waals surface area contributed by atoms with E-state index >= 15 is 0 Å². The molecule has 3 rings (SSSR count). The fraction of sp³-hybridized carbons (Fsp3) is 0.286. The Kier molecular flexibility index (Phi) is 3.23. The van der Waals surface area contributed by atoms with Gasteiger partial charge in [0.25, 0.3) is 5.91 Å². The van der Waals surface area contributed by atoms with Gasteiger partial charge in [-0.25, -0.2) is 4.39 Å². The molecule has 1 aliphatic rings. The summed E-state index contributed by atoms with van der Waals surface area (Å²) in [5.41, 5.74) is 2.83. The number of benzene rings is 1. The number of aryl methyl sites for hydroxylation is 1. The van der Waals surface area contributed by atoms with Gasteiger partial charge >= 0.3 is 0 Å². The second-order valence-electron chi connectivity index (χ2n) is 4.79. The number of nitrogens with zero attached hydrogens (tertiary/aromatic N) is 2. The second-order valence-corrected chi connectivity index (χ2v) is 4.79. The summed E-state index contributed by atoms with van der Waals surface area (Å²) in [6.07, 6.45) is 0.853. The number of rotatable bonds is 2. The van der Waals surface area contributed by atoms with Crippen molar-refractivity contribution in [3.8, 4) is 0 Å². The number of carbonyl (C=O) groups is 1. The molecule has 104 valence electrons. The molecule has 0 aliphatic carbocycles. The molecule has 0 atom stereocenters. The average Bonchev–Trinajstić information content (AvgIpc) is 2.77. The van der Waals surface area contributed by atoms with E-state index in [2.05, 4.69) is 15.7 Å². The number of hydrogen-bond donors (Lipinski definition) is 2. The Labute approximate surface area is 115 Å². The first-order chi connectivity index (χ1) is 9.65. The Morgan fingerprint density at radius 1 is 1.50 bits per heavy atom. The highest BCUT2D eigenvalue weighted by atomic mass is 19.1. The third-order valence-corrected chi connectivity index (χ3v) is 3.41. The highest BCUT2D eigenvalue weighted by Gasteiger charge is 2.23. The number of amides is 1. The van der Waals surface area contributed by atoms with E-state index < -0.39 is 0 Å². The monoisotopic (exact) mass is 274 g/mol. The summed E-state index contributed by atoms with van der Waals surface area (Å²) in [5, 5.41) is 10.2. The molecular weight excluding hydrogens is 259 g/mol. The summed E-state index contributed by atoms with van der Waals surface area (Å²) < 4.78 is 14.9. The van der Waals surface area contributed by atoms with Gasteiger partial charge in [-0.1, -0.05) is 6.07 Å². The van der Waals surface area contributed by atoms with E-state index in [4.69, 9.17) is 0 Å². The van der Waals surface area contributed by atoms with Gasteiger partial charge in [-0.2, -0.15) is 5.10 Å². The van der Waals surface area contributed by atoms with Crippen molar-refractivity contribution in [2.75, 3.05) is 11.9 Å². The van der Waals surface area contributed by atoms with Gasteiger partial charge in [-0.05, 0) is 18.2 Å². The van der Waals surface area contributed by atoms with E-state index in [0.29, 0.717) is 17.9 Å². The third kappa shape index (κ3) is 2.30. The molecule has 5 nitrogen and oxygen atoms in total. The van der Waals surface area contributed by atoms with Crippen LogP contribution in [0.1, 0.15) is 21.7 Å². The molecule has 1 aromatic carbocycles. The van der Waals surface area contributed by atoms with Gasteiger partial charge in [0.1, 0.15) is 5.82 Å². The number of hydrogen-bond acceptors (Lipinski definition) is 3. The summed E-state index contributed by atoms with van der Waals surface area (Å²) in [6, 6.07) is 5.82. The van der Waals surface area contributed by atoms with Crippen molar-refractivity contribution in [3.63, 3.8) is 0 Å². The maximum Gasteiger partial charge on any atom is 0.276 e. The lowest BCUT2D eigenvalue weighted by Crippen LogP contribution is -2.26. The van der Waals surface area contributed by atoms with E-state index in [1.165, 1.54) is 12.1 Å². The minimum Gasteiger partial charge on any atom is -0.320 e. The lowest BCUT2D eigenvalue weighted by atomic mass is 10.1. The summed E-state index contributed by atoms with van der Waals surface area (Å²) in [6.45, 7) is 1.52. The fourth-order valence-corrected chi connectivity index (χ4v) is 2.46. The van der Waals surface area contributed by atoms with Gasteiger partial charge in [0.15, 0.2) is 5.69 Å². The summed E-state index contributed by atoms with van der Waals surface area (Å²) in [4.78, 5) is 12.3. The van der Waals surface area contributed by atoms with Crippen molar-refractivity contribution in [2.45, 2.75) is 13.0 Å². The fourth-order valence-electron chi connectivity index (χ4n) is 2.46. The minimum atomic E-state index is -0.382. The molecule has 1 aliphatic heterocycles. The molecule has 0 fully saturated rings. The molecule has 0 bridgehead atoms. The maximum atomic E-state index is 13.1. The second kappa shape index (κ2) is 5.05. The maximum absolute atomic E-state index is 13.1. The van der Waals surface area contributed by atoms with E-state index in [1.54, 1.807) is 16.8 Å². The Bertz CT molecular complexity index is 665. The van der Waals surface area contributed by atoms with Gasteiger partial charge < -0.3 is 10.6 Å². The van der Waals surface area contributed by atoms with Gasteiger partial charge in [-0.15, -0.1) is 0 Å². The van der Waals surface area contributed by atoms with Gasteiger partial charge in [0.05, 0.1) is 0 Å². The van der Waals surface area contributed by atoms with E-state index in [0.717, 1.165) is 24.2 Å². The summed E-state index contributed by atoms with van der Waals surface area (Å²) >= 11 is 0. The van der Waals surface area contributed by atoms with Crippen LogP contribution < -0.4 is 10.6 Å². The standard InChI is InChI=1S/C14H15FN4O/c1-19-12-5-6-16-8-11(12)13(18-19)14(20)17-10-4-2-3-9(15)7-10/h2-4,7,16H,5-6,8H2,1H3,(H,17,20). The van der Waals surface area contributed by atoms with Crippen LogP contribution in [0.15, 0.2) is 24.3 Å². The first-order valence-corrected chi connectivity index (χ1v) is 6.47. The van der Waals surface area contributed by atoms with Crippen molar-refractivity contribution in [2.24, 2.45) is 7.05 Å². The highest BCUT2D eigenvalue weighted by Crippen LogP contribution is 2.19. The Hall–Kier alpha value is -2.21. The van der Waals surface area contributed by atoms with Crippen LogP contribution in [-0.4, -0.2) is 22.2 Å². The van der Waals surface area contributed by atoms with Crippen molar-refractivity contribution in [1.29, 1.82) is 0 Å². The molecule has 2 N–H and O–H groups in total. The number of carbonyl (C=O) groups excluding carboxylic acids is 1. The predicted molar refractivity (Wildman–Crippen MR) is 73.0 cm³/mol. The number of fused-ring (bicyclic) bond motifs is 1. The molecule has 1 aromatic heterocycles. The molecule has 0 saturated carbocycles. The molecule has 1 amide bonds. The molecule has 6 heteroatoms. The zero-order valence-corrected chi connectivity index (χ0v) is 11.1. The Morgan fingerprint density at radius 3 is 3.15 bits per heavy atom. The Morgan fingerprint density at radius 2 is 2.35 bits per heavy atom. The van der Waals surface area contributed by atoms with Crippen molar-refractivity contribution >= 4 is 11.6 Å². The number of halogens is 1. The number of aromatic nitrogens is 2. The van der Waals surface area contributed by atoms with Crippen molar-refractivity contribution in [1.82, 2.24) is 15.1 Å². The third-order valence-electron chi connectivity index (χ3n) is 3.41. The Balaban J connectivity index is 1.88. The zero-order chi connectivity index (χ0) is 14.1.